The monoisotopic (exact) mass is 472 g/mol. The van der Waals surface area contributed by atoms with E-state index in [1.54, 1.807) is 30.3 Å². The summed E-state index contributed by atoms with van der Waals surface area (Å²) in [5.74, 6) is -0.852. The molecule has 6 heteroatoms. The second kappa shape index (κ2) is 9.02. The smallest absolute Gasteiger partial charge is 0.196 e. The van der Waals surface area contributed by atoms with E-state index in [0.717, 1.165) is 6.54 Å². The summed E-state index contributed by atoms with van der Waals surface area (Å²) in [6.07, 6.45) is 0. The SMILES string of the molecule is COc1cc(F)cc(C2(N3CCN(Cc4ccc(C)cc4C)CC3)C(=O)c3ccccc3C2=O)c1. The number of ether oxygens (including phenoxy) is 1. The molecule has 1 heterocycles. The molecule has 35 heavy (non-hydrogen) atoms. The van der Waals surface area contributed by atoms with E-state index in [1.807, 2.05) is 4.90 Å². The molecule has 180 valence electrons. The number of fused-ring (bicyclic) bond motifs is 1. The van der Waals surface area contributed by atoms with E-state index >= 15 is 0 Å². The Labute approximate surface area is 205 Å². The zero-order chi connectivity index (χ0) is 24.7. The van der Waals surface area contributed by atoms with E-state index in [-0.39, 0.29) is 17.3 Å². The van der Waals surface area contributed by atoms with Crippen molar-refractivity contribution in [1.82, 2.24) is 9.80 Å². The second-order valence-electron chi connectivity index (χ2n) is 9.49. The van der Waals surface area contributed by atoms with Gasteiger partial charge >= 0.3 is 0 Å². The van der Waals surface area contributed by atoms with Gasteiger partial charge in [-0.15, -0.1) is 0 Å². The first-order chi connectivity index (χ1) is 16.8. The number of rotatable bonds is 5. The minimum absolute atomic E-state index is 0.282. The van der Waals surface area contributed by atoms with Crippen molar-refractivity contribution in [2.45, 2.75) is 25.9 Å². The van der Waals surface area contributed by atoms with Crippen molar-refractivity contribution in [2.75, 3.05) is 33.3 Å². The van der Waals surface area contributed by atoms with Crippen LogP contribution in [0.1, 0.15) is 43.0 Å². The van der Waals surface area contributed by atoms with Crippen molar-refractivity contribution >= 4 is 11.6 Å². The Morgan fingerprint density at radius 1 is 0.886 bits per heavy atom. The fraction of sp³-hybridized carbons (Fsp3) is 0.310. The minimum Gasteiger partial charge on any atom is -0.497 e. The number of Topliss-reactive ketones (excluding diaryl/α,β-unsaturated/α-hetero) is 2. The van der Waals surface area contributed by atoms with Crippen LogP contribution in [-0.2, 0) is 12.1 Å². The average Bonchev–Trinajstić information content (AvgIpc) is 3.08. The molecule has 5 nitrogen and oxygen atoms in total. The molecule has 0 radical (unpaired) electrons. The van der Waals surface area contributed by atoms with Crippen molar-refractivity contribution in [3.05, 3.63) is 99.9 Å². The zero-order valence-corrected chi connectivity index (χ0v) is 20.3. The third-order valence-electron chi connectivity index (χ3n) is 7.34. The van der Waals surface area contributed by atoms with E-state index < -0.39 is 11.4 Å². The van der Waals surface area contributed by atoms with Gasteiger partial charge in [0.1, 0.15) is 11.6 Å². The summed E-state index contributed by atoms with van der Waals surface area (Å²) in [6.45, 7) is 7.42. The summed E-state index contributed by atoms with van der Waals surface area (Å²) in [6, 6.07) is 17.5. The Kier molecular flexibility index (Phi) is 6.03. The lowest BCUT2D eigenvalue weighted by atomic mass is 9.82. The maximum absolute atomic E-state index is 14.6. The highest BCUT2D eigenvalue weighted by molar-refractivity contribution is 6.32. The summed E-state index contributed by atoms with van der Waals surface area (Å²) >= 11 is 0. The predicted molar refractivity (Wildman–Crippen MR) is 132 cm³/mol. The van der Waals surface area contributed by atoms with Crippen LogP contribution in [0, 0.1) is 19.7 Å². The Balaban J connectivity index is 1.50. The molecule has 3 aromatic rings. The minimum atomic E-state index is -1.59. The van der Waals surface area contributed by atoms with Crippen LogP contribution >= 0.6 is 0 Å². The standard InChI is InChI=1S/C29H29FN2O3/c1-19-8-9-21(20(2)14-19)18-31-10-12-32(13-11-31)29(22-15-23(30)17-24(16-22)35-3)27(33)25-6-4-5-7-26(25)28(29)34/h4-9,14-17H,10-13,18H2,1-3H3. The highest BCUT2D eigenvalue weighted by atomic mass is 19.1. The van der Waals surface area contributed by atoms with E-state index in [0.29, 0.717) is 42.9 Å². The molecular weight excluding hydrogens is 443 g/mol. The Morgan fingerprint density at radius 2 is 1.54 bits per heavy atom. The molecule has 1 saturated heterocycles. The van der Waals surface area contributed by atoms with Crippen LogP contribution in [0.2, 0.25) is 0 Å². The van der Waals surface area contributed by atoms with Crippen molar-refractivity contribution in [3.63, 3.8) is 0 Å². The number of carbonyl (C=O) groups is 2. The van der Waals surface area contributed by atoms with Crippen LogP contribution in [-0.4, -0.2) is 54.7 Å². The second-order valence-corrected chi connectivity index (χ2v) is 9.49. The molecule has 0 bridgehead atoms. The number of aryl methyl sites for hydroxylation is 2. The van der Waals surface area contributed by atoms with Gasteiger partial charge in [0.15, 0.2) is 17.1 Å². The highest BCUT2D eigenvalue weighted by Crippen LogP contribution is 2.44. The number of methoxy groups -OCH3 is 1. The molecule has 0 amide bonds. The molecule has 1 fully saturated rings. The topological polar surface area (TPSA) is 49.9 Å². The summed E-state index contributed by atoms with van der Waals surface area (Å²) in [5, 5.41) is 0. The Bertz CT molecular complexity index is 1280. The molecule has 0 aromatic heterocycles. The maximum Gasteiger partial charge on any atom is 0.196 e. The molecule has 0 N–H and O–H groups in total. The maximum atomic E-state index is 14.6. The third-order valence-corrected chi connectivity index (χ3v) is 7.34. The number of hydrogen-bond donors (Lipinski definition) is 0. The van der Waals surface area contributed by atoms with Crippen LogP contribution in [0.4, 0.5) is 4.39 Å². The van der Waals surface area contributed by atoms with Crippen LogP contribution < -0.4 is 4.74 Å². The lowest BCUT2D eigenvalue weighted by Crippen LogP contribution is -2.60. The quantitative estimate of drug-likeness (QED) is 0.510. The first-order valence-electron chi connectivity index (χ1n) is 11.9. The lowest BCUT2D eigenvalue weighted by molar-refractivity contribution is 0.0278. The lowest BCUT2D eigenvalue weighted by Gasteiger charge is -2.44. The average molecular weight is 473 g/mol. The van der Waals surface area contributed by atoms with Crippen LogP contribution in [0.5, 0.6) is 5.75 Å². The molecule has 1 aliphatic carbocycles. The predicted octanol–water partition coefficient (Wildman–Crippen LogP) is 4.54. The van der Waals surface area contributed by atoms with Gasteiger partial charge in [0.2, 0.25) is 0 Å². The Morgan fingerprint density at radius 3 is 2.14 bits per heavy atom. The Hall–Kier alpha value is -3.35. The van der Waals surface area contributed by atoms with Crippen LogP contribution in [0.15, 0.2) is 60.7 Å². The number of nitrogens with zero attached hydrogens (tertiary/aromatic N) is 2. The summed E-state index contributed by atoms with van der Waals surface area (Å²) < 4.78 is 19.9. The molecule has 0 spiro atoms. The van der Waals surface area contributed by atoms with E-state index in [1.165, 1.54) is 35.9 Å². The number of ketones is 2. The molecule has 0 unspecified atom stereocenters. The number of hydrogen-bond acceptors (Lipinski definition) is 5. The number of benzene rings is 3. The van der Waals surface area contributed by atoms with Gasteiger partial charge in [0.05, 0.1) is 7.11 Å². The van der Waals surface area contributed by atoms with Gasteiger partial charge in [-0.1, -0.05) is 48.0 Å². The van der Waals surface area contributed by atoms with Crippen molar-refractivity contribution in [1.29, 1.82) is 0 Å². The van der Waals surface area contributed by atoms with Gasteiger partial charge in [-0.05, 0) is 42.7 Å². The van der Waals surface area contributed by atoms with Crippen LogP contribution in [0.3, 0.4) is 0 Å². The van der Waals surface area contributed by atoms with Gasteiger partial charge in [-0.25, -0.2) is 4.39 Å². The summed E-state index contributed by atoms with van der Waals surface area (Å²) in [5.41, 5.74) is 3.27. The molecular formula is C29H29FN2O3. The molecule has 5 rings (SSSR count). The summed E-state index contributed by atoms with van der Waals surface area (Å²) in [4.78, 5) is 32.2. The van der Waals surface area contributed by atoms with Gasteiger partial charge < -0.3 is 4.74 Å². The van der Waals surface area contributed by atoms with Crippen molar-refractivity contribution in [3.8, 4) is 5.75 Å². The zero-order valence-electron chi connectivity index (χ0n) is 20.3. The van der Waals surface area contributed by atoms with E-state index in [9.17, 15) is 14.0 Å². The molecule has 1 aliphatic heterocycles. The fourth-order valence-electron chi connectivity index (χ4n) is 5.50. The van der Waals surface area contributed by atoms with Gasteiger partial charge in [-0.2, -0.15) is 0 Å². The summed E-state index contributed by atoms with van der Waals surface area (Å²) in [7, 11) is 1.45. The van der Waals surface area contributed by atoms with Crippen LogP contribution in [0.25, 0.3) is 0 Å². The first kappa shape index (κ1) is 23.4. The highest BCUT2D eigenvalue weighted by Gasteiger charge is 2.58. The molecule has 2 aliphatic rings. The van der Waals surface area contributed by atoms with Gasteiger partial charge in [0.25, 0.3) is 0 Å². The largest absolute Gasteiger partial charge is 0.497 e. The van der Waals surface area contributed by atoms with Crippen molar-refractivity contribution in [2.24, 2.45) is 0 Å². The molecule has 3 aromatic carbocycles. The molecule has 0 atom stereocenters. The van der Waals surface area contributed by atoms with Crippen molar-refractivity contribution < 1.29 is 18.7 Å². The fourth-order valence-corrected chi connectivity index (χ4v) is 5.50. The molecule has 0 saturated carbocycles. The third kappa shape index (κ3) is 3.87. The number of piperazine rings is 1. The van der Waals surface area contributed by atoms with Gasteiger partial charge in [0, 0.05) is 49.9 Å². The number of halogens is 1. The first-order valence-corrected chi connectivity index (χ1v) is 11.9. The van der Waals surface area contributed by atoms with E-state index in [2.05, 4.69) is 36.9 Å². The normalized spacial score (nSPS) is 18.1. The van der Waals surface area contributed by atoms with Gasteiger partial charge in [-0.3, -0.25) is 19.4 Å². The number of carbonyl (C=O) groups excluding carboxylic acids is 2. The van der Waals surface area contributed by atoms with E-state index in [4.69, 9.17) is 4.74 Å².